The zero-order valence-electron chi connectivity index (χ0n) is 10.1. The smallest absolute Gasteiger partial charge is 0.292 e. The van der Waals surface area contributed by atoms with E-state index in [-0.39, 0.29) is 11.9 Å². The van der Waals surface area contributed by atoms with Crippen molar-refractivity contribution in [3.05, 3.63) is 17.5 Å². The van der Waals surface area contributed by atoms with E-state index >= 15 is 0 Å². The summed E-state index contributed by atoms with van der Waals surface area (Å²) in [6.07, 6.45) is 4.58. The molecule has 1 saturated carbocycles. The van der Waals surface area contributed by atoms with Crippen LogP contribution >= 0.6 is 15.9 Å². The van der Waals surface area contributed by atoms with Gasteiger partial charge in [-0.2, -0.15) is 0 Å². The third-order valence-electron chi connectivity index (χ3n) is 3.30. The van der Waals surface area contributed by atoms with Crippen LogP contribution in [0, 0.1) is 6.92 Å². The summed E-state index contributed by atoms with van der Waals surface area (Å²) >= 11 is 3.66. The zero-order valence-corrected chi connectivity index (χ0v) is 11.7. The molecular weight excluding hydrogens is 284 g/mol. The van der Waals surface area contributed by atoms with Crippen LogP contribution in [0.3, 0.4) is 0 Å². The highest BCUT2D eigenvalue weighted by atomic mass is 79.9. The number of carbonyl (C=O) groups excluding carboxylic acids is 1. The Morgan fingerprint density at radius 1 is 1.53 bits per heavy atom. The van der Waals surface area contributed by atoms with Crippen molar-refractivity contribution in [2.24, 2.45) is 0 Å². The molecule has 94 valence electrons. The highest BCUT2D eigenvalue weighted by Crippen LogP contribution is 2.28. The summed E-state index contributed by atoms with van der Waals surface area (Å²) in [5.41, 5.74) is 0.737. The van der Waals surface area contributed by atoms with Crippen LogP contribution < -0.4 is 0 Å². The molecule has 1 aromatic rings. The Balaban J connectivity index is 2.08. The van der Waals surface area contributed by atoms with Gasteiger partial charge < -0.3 is 9.42 Å². The summed E-state index contributed by atoms with van der Waals surface area (Å²) < 4.78 is 5.02. The molecule has 0 aliphatic heterocycles. The van der Waals surface area contributed by atoms with Crippen molar-refractivity contribution in [3.63, 3.8) is 0 Å². The minimum atomic E-state index is -0.0815. The van der Waals surface area contributed by atoms with E-state index in [4.69, 9.17) is 4.52 Å². The Morgan fingerprint density at radius 3 is 2.82 bits per heavy atom. The third kappa shape index (κ3) is 2.70. The van der Waals surface area contributed by atoms with Crippen LogP contribution in [0.15, 0.2) is 10.6 Å². The van der Waals surface area contributed by atoms with Crippen LogP contribution in [0.5, 0.6) is 0 Å². The lowest BCUT2D eigenvalue weighted by Gasteiger charge is -2.34. The molecule has 5 heteroatoms. The number of rotatable bonds is 2. The zero-order chi connectivity index (χ0) is 12.4. The van der Waals surface area contributed by atoms with Crippen molar-refractivity contribution in [2.45, 2.75) is 43.5 Å². The summed E-state index contributed by atoms with van der Waals surface area (Å²) in [4.78, 5) is 14.3. The van der Waals surface area contributed by atoms with Crippen molar-refractivity contribution >= 4 is 21.8 Å². The molecule has 1 heterocycles. The maximum atomic E-state index is 12.2. The van der Waals surface area contributed by atoms with Gasteiger partial charge >= 0.3 is 0 Å². The molecule has 0 saturated heterocycles. The first-order chi connectivity index (χ1) is 8.09. The van der Waals surface area contributed by atoms with E-state index in [1.165, 1.54) is 12.8 Å². The van der Waals surface area contributed by atoms with E-state index in [1.807, 2.05) is 14.0 Å². The number of hydrogen-bond donors (Lipinski definition) is 0. The van der Waals surface area contributed by atoms with Crippen LogP contribution in [0.2, 0.25) is 0 Å². The van der Waals surface area contributed by atoms with E-state index in [0.29, 0.717) is 10.6 Å². The standard InChI is InChI=1S/C12H17BrN2O2/c1-8-7-11(17-14-8)12(16)15(2)10-6-4-3-5-9(10)13/h7,9-10H,3-6H2,1-2H3. The van der Waals surface area contributed by atoms with Crippen LogP contribution in [0.1, 0.15) is 41.9 Å². The van der Waals surface area contributed by atoms with E-state index in [1.54, 1.807) is 11.0 Å². The van der Waals surface area contributed by atoms with E-state index in [2.05, 4.69) is 21.1 Å². The van der Waals surface area contributed by atoms with E-state index in [9.17, 15) is 4.79 Å². The SMILES string of the molecule is Cc1cc(C(=O)N(C)C2CCCCC2Br)on1. The predicted molar refractivity (Wildman–Crippen MR) is 68.3 cm³/mol. The molecule has 2 unspecified atom stereocenters. The van der Waals surface area contributed by atoms with Gasteiger partial charge in [0.1, 0.15) is 0 Å². The van der Waals surface area contributed by atoms with Crippen molar-refractivity contribution in [2.75, 3.05) is 7.05 Å². The topological polar surface area (TPSA) is 46.3 Å². The Kier molecular flexibility index (Phi) is 3.86. The van der Waals surface area contributed by atoms with Crippen molar-refractivity contribution < 1.29 is 9.32 Å². The number of alkyl halides is 1. The number of halogens is 1. The lowest BCUT2D eigenvalue weighted by Crippen LogP contribution is -2.44. The second kappa shape index (κ2) is 5.21. The van der Waals surface area contributed by atoms with Crippen LogP contribution in [-0.2, 0) is 0 Å². The first-order valence-corrected chi connectivity index (χ1v) is 6.85. The number of carbonyl (C=O) groups is 1. The number of amides is 1. The molecule has 17 heavy (non-hydrogen) atoms. The maximum absolute atomic E-state index is 12.2. The molecule has 1 amide bonds. The minimum absolute atomic E-state index is 0.0815. The monoisotopic (exact) mass is 300 g/mol. The van der Waals surface area contributed by atoms with Gasteiger partial charge in [-0.1, -0.05) is 33.9 Å². The van der Waals surface area contributed by atoms with E-state index in [0.717, 1.165) is 18.5 Å². The highest BCUT2D eigenvalue weighted by molar-refractivity contribution is 9.09. The summed E-state index contributed by atoms with van der Waals surface area (Å²) in [5, 5.41) is 3.75. The molecule has 0 radical (unpaired) electrons. The molecular formula is C12H17BrN2O2. The minimum Gasteiger partial charge on any atom is -0.351 e. The quantitative estimate of drug-likeness (QED) is 0.789. The summed E-state index contributed by atoms with van der Waals surface area (Å²) in [5.74, 6) is 0.247. The van der Waals surface area contributed by atoms with Crippen LogP contribution in [0.25, 0.3) is 0 Å². The van der Waals surface area contributed by atoms with Gasteiger partial charge in [0.15, 0.2) is 0 Å². The number of aryl methyl sites for hydroxylation is 1. The van der Waals surface area contributed by atoms with Crippen LogP contribution in [-0.4, -0.2) is 33.9 Å². The second-order valence-corrected chi connectivity index (χ2v) is 5.79. The van der Waals surface area contributed by atoms with Crippen molar-refractivity contribution in [1.82, 2.24) is 10.1 Å². The highest BCUT2D eigenvalue weighted by Gasteiger charge is 2.30. The van der Waals surface area contributed by atoms with Gasteiger partial charge in [-0.15, -0.1) is 0 Å². The average Bonchev–Trinajstić information content (AvgIpc) is 2.75. The molecule has 0 bridgehead atoms. The fraction of sp³-hybridized carbons (Fsp3) is 0.667. The van der Waals surface area contributed by atoms with Gasteiger partial charge in [-0.3, -0.25) is 4.79 Å². The van der Waals surface area contributed by atoms with Gasteiger partial charge in [-0.25, -0.2) is 0 Å². The Labute approximate surface area is 109 Å². The first kappa shape index (κ1) is 12.6. The molecule has 2 rings (SSSR count). The van der Waals surface area contributed by atoms with Gasteiger partial charge in [0.2, 0.25) is 5.76 Å². The van der Waals surface area contributed by atoms with Crippen molar-refractivity contribution in [1.29, 1.82) is 0 Å². The lowest BCUT2D eigenvalue weighted by atomic mass is 9.94. The largest absolute Gasteiger partial charge is 0.351 e. The van der Waals surface area contributed by atoms with Gasteiger partial charge in [0.25, 0.3) is 5.91 Å². The van der Waals surface area contributed by atoms with Crippen molar-refractivity contribution in [3.8, 4) is 0 Å². The molecule has 4 nitrogen and oxygen atoms in total. The van der Waals surface area contributed by atoms with E-state index < -0.39 is 0 Å². The molecule has 0 spiro atoms. The maximum Gasteiger partial charge on any atom is 0.292 e. The fourth-order valence-electron chi connectivity index (χ4n) is 2.29. The third-order valence-corrected chi connectivity index (χ3v) is 4.37. The summed E-state index contributed by atoms with van der Waals surface area (Å²) in [6.45, 7) is 1.81. The molecule has 1 aliphatic rings. The molecule has 1 aliphatic carbocycles. The number of hydrogen-bond acceptors (Lipinski definition) is 3. The second-order valence-electron chi connectivity index (χ2n) is 4.62. The number of aromatic nitrogens is 1. The Bertz CT molecular complexity index is 405. The van der Waals surface area contributed by atoms with Crippen LogP contribution in [0.4, 0.5) is 0 Å². The van der Waals surface area contributed by atoms with Gasteiger partial charge in [0, 0.05) is 24.0 Å². The normalized spacial score (nSPS) is 24.6. The lowest BCUT2D eigenvalue weighted by molar-refractivity contribution is 0.0663. The summed E-state index contributed by atoms with van der Waals surface area (Å²) in [7, 11) is 1.84. The number of nitrogens with zero attached hydrogens (tertiary/aromatic N) is 2. The molecule has 0 aromatic carbocycles. The molecule has 2 atom stereocenters. The fourth-order valence-corrected chi connectivity index (χ4v) is 3.23. The average molecular weight is 301 g/mol. The molecule has 0 N–H and O–H groups in total. The first-order valence-electron chi connectivity index (χ1n) is 5.94. The predicted octanol–water partition coefficient (Wildman–Crippen LogP) is 2.76. The molecule has 1 fully saturated rings. The Hall–Kier alpha value is -0.840. The van der Waals surface area contributed by atoms with Gasteiger partial charge in [0.05, 0.1) is 5.69 Å². The Morgan fingerprint density at radius 2 is 2.24 bits per heavy atom. The molecule has 1 aromatic heterocycles. The van der Waals surface area contributed by atoms with Gasteiger partial charge in [-0.05, 0) is 19.8 Å². The summed E-state index contributed by atoms with van der Waals surface area (Å²) in [6, 6.07) is 1.94.